The first-order valence-corrected chi connectivity index (χ1v) is 8.58. The minimum atomic E-state index is -0.241. The number of carbonyl (C=O) groups excluding carboxylic acids is 1. The third kappa shape index (κ3) is 2.93. The number of nitrogens with zero attached hydrogens (tertiary/aromatic N) is 5. The van der Waals surface area contributed by atoms with Crippen molar-refractivity contribution in [2.24, 2.45) is 7.05 Å². The molecule has 0 aliphatic carbocycles. The second kappa shape index (κ2) is 6.03. The molecule has 0 atom stereocenters. The average molecular weight is 400 g/mol. The molecule has 4 heterocycles. The minimum Gasteiger partial charge on any atom is -0.332 e. The second-order valence-corrected chi connectivity index (χ2v) is 6.87. The maximum Gasteiger partial charge on any atom is 0.274 e. The zero-order valence-corrected chi connectivity index (χ0v) is 15.0. The Morgan fingerprint density at radius 2 is 2.12 bits per heavy atom. The van der Waals surface area contributed by atoms with E-state index in [0.29, 0.717) is 25.2 Å². The summed E-state index contributed by atoms with van der Waals surface area (Å²) in [5, 5.41) is 4.98. The number of amides is 1. The van der Waals surface area contributed by atoms with Crippen molar-refractivity contribution >= 4 is 32.9 Å². The Morgan fingerprint density at radius 1 is 1.28 bits per heavy atom. The third-order valence-corrected chi connectivity index (χ3v) is 4.68. The highest BCUT2D eigenvalue weighted by Gasteiger charge is 2.24. The SMILES string of the molecule is Cn1nc(C(=O)N2CCc3nc4ncc(Br)cc4cc3C2)ccc1=O. The van der Waals surface area contributed by atoms with Crippen molar-refractivity contribution in [1.29, 1.82) is 0 Å². The molecule has 0 fully saturated rings. The highest BCUT2D eigenvalue weighted by atomic mass is 79.9. The number of fused-ring (bicyclic) bond motifs is 2. The molecule has 0 saturated heterocycles. The summed E-state index contributed by atoms with van der Waals surface area (Å²) >= 11 is 3.42. The lowest BCUT2D eigenvalue weighted by Gasteiger charge is -2.28. The average Bonchev–Trinajstić information content (AvgIpc) is 2.61. The van der Waals surface area contributed by atoms with Crippen molar-refractivity contribution in [1.82, 2.24) is 24.6 Å². The Kier molecular flexibility index (Phi) is 3.84. The number of hydrogen-bond acceptors (Lipinski definition) is 5. The van der Waals surface area contributed by atoms with Crippen LogP contribution in [0.25, 0.3) is 11.0 Å². The highest BCUT2D eigenvalue weighted by molar-refractivity contribution is 9.10. The molecule has 8 heteroatoms. The lowest BCUT2D eigenvalue weighted by atomic mass is 10.0. The standard InChI is InChI=1S/C17H14BrN5O2/c1-22-15(24)3-2-14(21-22)17(25)23-5-4-13-11(9-23)6-10-7-12(18)8-19-16(10)20-13/h2-3,6-8H,4-5,9H2,1H3. The van der Waals surface area contributed by atoms with Gasteiger partial charge in [-0.15, -0.1) is 0 Å². The number of aromatic nitrogens is 4. The van der Waals surface area contributed by atoms with Gasteiger partial charge >= 0.3 is 0 Å². The molecule has 1 amide bonds. The zero-order valence-electron chi connectivity index (χ0n) is 13.4. The molecule has 1 aliphatic heterocycles. The van der Waals surface area contributed by atoms with Crippen LogP contribution in [0.3, 0.4) is 0 Å². The fourth-order valence-electron chi connectivity index (χ4n) is 2.95. The van der Waals surface area contributed by atoms with E-state index in [4.69, 9.17) is 0 Å². The van der Waals surface area contributed by atoms with Crippen molar-refractivity contribution in [2.45, 2.75) is 13.0 Å². The van der Waals surface area contributed by atoms with E-state index < -0.39 is 0 Å². The van der Waals surface area contributed by atoms with Gasteiger partial charge in [-0.25, -0.2) is 14.6 Å². The van der Waals surface area contributed by atoms with Crippen LogP contribution < -0.4 is 5.56 Å². The van der Waals surface area contributed by atoms with Crippen molar-refractivity contribution < 1.29 is 4.79 Å². The first-order valence-electron chi connectivity index (χ1n) is 7.79. The molecule has 0 aromatic carbocycles. The summed E-state index contributed by atoms with van der Waals surface area (Å²) in [4.78, 5) is 34.8. The molecule has 1 aliphatic rings. The van der Waals surface area contributed by atoms with E-state index in [0.717, 1.165) is 21.1 Å². The van der Waals surface area contributed by atoms with Crippen LogP contribution in [0.15, 0.2) is 39.7 Å². The number of halogens is 1. The smallest absolute Gasteiger partial charge is 0.274 e. The van der Waals surface area contributed by atoms with E-state index in [1.54, 1.807) is 11.1 Å². The molecule has 0 saturated carbocycles. The van der Waals surface area contributed by atoms with Crippen molar-refractivity contribution in [3.8, 4) is 0 Å². The Balaban J connectivity index is 1.66. The molecule has 0 spiro atoms. The highest BCUT2D eigenvalue weighted by Crippen LogP contribution is 2.24. The van der Waals surface area contributed by atoms with Gasteiger partial charge in [0.25, 0.3) is 11.5 Å². The van der Waals surface area contributed by atoms with Crippen LogP contribution in [0, 0.1) is 0 Å². The van der Waals surface area contributed by atoms with Gasteiger partial charge in [-0.1, -0.05) is 0 Å². The summed E-state index contributed by atoms with van der Waals surface area (Å²) in [6, 6.07) is 6.82. The summed E-state index contributed by atoms with van der Waals surface area (Å²) in [5.41, 5.74) is 2.72. The molecular formula is C17H14BrN5O2. The first-order chi connectivity index (χ1) is 12.0. The van der Waals surface area contributed by atoms with Gasteiger partial charge in [0.15, 0.2) is 5.65 Å². The number of hydrogen-bond donors (Lipinski definition) is 0. The Labute approximate surface area is 151 Å². The van der Waals surface area contributed by atoms with Gasteiger partial charge in [0.1, 0.15) is 5.69 Å². The van der Waals surface area contributed by atoms with Crippen molar-refractivity contribution in [3.63, 3.8) is 0 Å². The van der Waals surface area contributed by atoms with Crippen LogP contribution >= 0.6 is 15.9 Å². The first kappa shape index (κ1) is 15.9. The summed E-state index contributed by atoms with van der Waals surface area (Å²) < 4.78 is 2.06. The molecule has 25 heavy (non-hydrogen) atoms. The van der Waals surface area contributed by atoms with Gasteiger partial charge in [-0.3, -0.25) is 9.59 Å². The summed E-state index contributed by atoms with van der Waals surface area (Å²) in [6.07, 6.45) is 2.40. The third-order valence-electron chi connectivity index (χ3n) is 4.25. The summed E-state index contributed by atoms with van der Waals surface area (Å²) in [7, 11) is 1.53. The molecule has 3 aromatic heterocycles. The predicted octanol–water partition coefficient (Wildman–Crippen LogP) is 1.68. The molecule has 0 unspecified atom stereocenters. The van der Waals surface area contributed by atoms with E-state index in [2.05, 4.69) is 31.0 Å². The van der Waals surface area contributed by atoms with Crippen LogP contribution in [0.4, 0.5) is 0 Å². The van der Waals surface area contributed by atoms with E-state index in [-0.39, 0.29) is 17.2 Å². The van der Waals surface area contributed by atoms with E-state index in [1.807, 2.05) is 12.1 Å². The van der Waals surface area contributed by atoms with E-state index >= 15 is 0 Å². The molecule has 126 valence electrons. The topological polar surface area (TPSA) is 81.0 Å². The normalized spacial score (nSPS) is 13.8. The largest absolute Gasteiger partial charge is 0.332 e. The number of carbonyl (C=O) groups is 1. The van der Waals surface area contributed by atoms with Gasteiger partial charge in [-0.05, 0) is 39.7 Å². The molecular weight excluding hydrogens is 386 g/mol. The predicted molar refractivity (Wildman–Crippen MR) is 95.2 cm³/mol. The van der Waals surface area contributed by atoms with Crippen LogP contribution in [0.2, 0.25) is 0 Å². The van der Waals surface area contributed by atoms with Crippen molar-refractivity contribution in [3.05, 3.63) is 62.2 Å². The number of pyridine rings is 2. The van der Waals surface area contributed by atoms with Crippen LogP contribution in [-0.4, -0.2) is 37.1 Å². The molecule has 3 aromatic rings. The van der Waals surface area contributed by atoms with Crippen molar-refractivity contribution in [2.75, 3.05) is 6.54 Å². The summed E-state index contributed by atoms with van der Waals surface area (Å²) in [6.45, 7) is 1.03. The fourth-order valence-corrected chi connectivity index (χ4v) is 3.30. The van der Waals surface area contributed by atoms with Crippen LogP contribution in [0.5, 0.6) is 0 Å². The van der Waals surface area contributed by atoms with Gasteiger partial charge in [0.2, 0.25) is 0 Å². The molecule has 0 N–H and O–H groups in total. The Hall–Kier alpha value is -2.61. The molecule has 0 bridgehead atoms. The Morgan fingerprint density at radius 3 is 2.92 bits per heavy atom. The lowest BCUT2D eigenvalue weighted by molar-refractivity contribution is 0.0725. The van der Waals surface area contributed by atoms with E-state index in [1.165, 1.54) is 23.9 Å². The summed E-state index contributed by atoms with van der Waals surface area (Å²) in [5.74, 6) is -0.186. The lowest BCUT2D eigenvalue weighted by Crippen LogP contribution is -2.37. The van der Waals surface area contributed by atoms with Gasteiger partial charge in [-0.2, -0.15) is 5.10 Å². The van der Waals surface area contributed by atoms with Gasteiger partial charge < -0.3 is 4.90 Å². The van der Waals surface area contributed by atoms with Crippen LogP contribution in [-0.2, 0) is 20.0 Å². The molecule has 4 rings (SSSR count). The minimum absolute atomic E-state index is 0.186. The maximum absolute atomic E-state index is 12.7. The van der Waals surface area contributed by atoms with Gasteiger partial charge in [0, 0.05) is 54.4 Å². The maximum atomic E-state index is 12.7. The number of aryl methyl sites for hydroxylation is 1. The molecule has 7 nitrogen and oxygen atoms in total. The Bertz CT molecular complexity index is 1060. The number of rotatable bonds is 1. The quantitative estimate of drug-likeness (QED) is 0.621. The molecule has 0 radical (unpaired) electrons. The second-order valence-electron chi connectivity index (χ2n) is 5.95. The van der Waals surface area contributed by atoms with Gasteiger partial charge in [0.05, 0.1) is 0 Å². The van der Waals surface area contributed by atoms with Crippen LogP contribution in [0.1, 0.15) is 21.7 Å². The zero-order chi connectivity index (χ0) is 17.6. The monoisotopic (exact) mass is 399 g/mol. The van der Waals surface area contributed by atoms with E-state index in [9.17, 15) is 9.59 Å². The fraction of sp³-hybridized carbons (Fsp3) is 0.235.